The third-order valence-corrected chi connectivity index (χ3v) is 7.15. The van der Waals surface area contributed by atoms with Gasteiger partial charge in [-0.25, -0.2) is 9.97 Å². The van der Waals surface area contributed by atoms with Crippen LogP contribution in [0.25, 0.3) is 11.2 Å². The molecule has 1 atom stereocenters. The predicted molar refractivity (Wildman–Crippen MR) is 116 cm³/mol. The number of pyridine rings is 1. The van der Waals surface area contributed by atoms with Gasteiger partial charge in [0.1, 0.15) is 5.52 Å². The Bertz CT molecular complexity index is 870. The molecule has 0 radical (unpaired) electrons. The summed E-state index contributed by atoms with van der Waals surface area (Å²) in [5.74, 6) is 0.117. The molecule has 0 bridgehead atoms. The lowest BCUT2D eigenvalue weighted by atomic mass is 9.98. The summed E-state index contributed by atoms with van der Waals surface area (Å²) in [6, 6.07) is 2.78. The molecule has 4 heterocycles. The summed E-state index contributed by atoms with van der Waals surface area (Å²) < 4.78 is 7.67. The average Bonchev–Trinajstić information content (AvgIpc) is 3.47. The molecule has 2 aliphatic heterocycles. The van der Waals surface area contributed by atoms with E-state index in [-0.39, 0.29) is 5.91 Å². The van der Waals surface area contributed by atoms with Crippen molar-refractivity contribution >= 4 is 17.1 Å². The molecule has 2 aromatic rings. The van der Waals surface area contributed by atoms with Crippen LogP contribution in [-0.2, 0) is 4.74 Å². The summed E-state index contributed by atoms with van der Waals surface area (Å²) in [7, 11) is 0. The van der Waals surface area contributed by atoms with Gasteiger partial charge in [-0.3, -0.25) is 9.69 Å². The van der Waals surface area contributed by atoms with E-state index >= 15 is 0 Å². The van der Waals surface area contributed by atoms with Crippen LogP contribution in [0.4, 0.5) is 0 Å². The van der Waals surface area contributed by atoms with E-state index in [2.05, 4.69) is 24.3 Å². The maximum atomic E-state index is 13.4. The normalized spacial score (nSPS) is 24.0. The van der Waals surface area contributed by atoms with Crippen LogP contribution < -0.4 is 0 Å². The van der Waals surface area contributed by atoms with E-state index in [0.717, 1.165) is 69.8 Å². The molecule has 1 saturated carbocycles. The van der Waals surface area contributed by atoms with Crippen LogP contribution in [0.2, 0.25) is 0 Å². The summed E-state index contributed by atoms with van der Waals surface area (Å²) in [4.78, 5) is 27.2. The summed E-state index contributed by atoms with van der Waals surface area (Å²) in [5, 5.41) is 0. The van der Waals surface area contributed by atoms with Crippen molar-refractivity contribution in [2.75, 3.05) is 39.4 Å². The maximum Gasteiger partial charge on any atom is 0.255 e. The number of hydrogen-bond acceptors (Lipinski definition) is 5. The van der Waals surface area contributed by atoms with Crippen molar-refractivity contribution in [2.45, 2.75) is 63.5 Å². The number of imidazole rings is 1. The first-order chi connectivity index (χ1) is 14.8. The van der Waals surface area contributed by atoms with Gasteiger partial charge in [0.05, 0.1) is 25.1 Å². The van der Waals surface area contributed by atoms with Crippen molar-refractivity contribution in [3.05, 3.63) is 24.2 Å². The summed E-state index contributed by atoms with van der Waals surface area (Å²) in [5.41, 5.74) is 2.44. The minimum Gasteiger partial charge on any atom is -0.379 e. The lowest BCUT2D eigenvalue weighted by molar-refractivity contribution is 0.0295. The number of carbonyl (C=O) groups is 1. The fourth-order valence-corrected chi connectivity index (χ4v) is 5.38. The van der Waals surface area contributed by atoms with Crippen LogP contribution >= 0.6 is 0 Å². The molecule has 5 rings (SSSR count). The fraction of sp³-hybridized carbons (Fsp3) is 0.696. The van der Waals surface area contributed by atoms with Crippen molar-refractivity contribution in [1.82, 2.24) is 24.3 Å². The van der Waals surface area contributed by atoms with E-state index < -0.39 is 0 Å². The van der Waals surface area contributed by atoms with Crippen molar-refractivity contribution in [3.8, 4) is 0 Å². The summed E-state index contributed by atoms with van der Waals surface area (Å²) in [6.07, 6.45) is 13.1. The zero-order valence-electron chi connectivity index (χ0n) is 17.8. The van der Waals surface area contributed by atoms with Gasteiger partial charge in [0.25, 0.3) is 5.91 Å². The molecule has 1 aliphatic carbocycles. The minimum absolute atomic E-state index is 0.117. The van der Waals surface area contributed by atoms with Crippen LogP contribution in [0.3, 0.4) is 0 Å². The smallest absolute Gasteiger partial charge is 0.255 e. The molecule has 162 valence electrons. The highest BCUT2D eigenvalue weighted by atomic mass is 16.5. The van der Waals surface area contributed by atoms with E-state index in [4.69, 9.17) is 4.74 Å². The summed E-state index contributed by atoms with van der Waals surface area (Å²) >= 11 is 0. The van der Waals surface area contributed by atoms with Gasteiger partial charge < -0.3 is 14.2 Å². The number of likely N-dealkylation sites (tertiary alicyclic amines) is 1. The van der Waals surface area contributed by atoms with Crippen molar-refractivity contribution < 1.29 is 9.53 Å². The van der Waals surface area contributed by atoms with Gasteiger partial charge in [-0.2, -0.15) is 0 Å². The number of rotatable bonds is 5. The Morgan fingerprint density at radius 3 is 2.67 bits per heavy atom. The van der Waals surface area contributed by atoms with E-state index in [0.29, 0.717) is 17.6 Å². The number of aromatic nitrogens is 3. The fourth-order valence-electron chi connectivity index (χ4n) is 5.38. The van der Waals surface area contributed by atoms with Gasteiger partial charge in [0.15, 0.2) is 5.65 Å². The number of hydrogen-bond donors (Lipinski definition) is 0. The number of fused-ring (bicyclic) bond motifs is 1. The predicted octanol–water partition coefficient (Wildman–Crippen LogP) is 3.26. The van der Waals surface area contributed by atoms with E-state index in [9.17, 15) is 4.79 Å². The largest absolute Gasteiger partial charge is 0.379 e. The quantitative estimate of drug-likeness (QED) is 0.756. The molecule has 1 amide bonds. The van der Waals surface area contributed by atoms with Crippen LogP contribution in [0, 0.1) is 0 Å². The Hall–Kier alpha value is -1.99. The van der Waals surface area contributed by atoms with Gasteiger partial charge in [0.2, 0.25) is 0 Å². The topological polar surface area (TPSA) is 63.5 Å². The molecule has 0 spiro atoms. The van der Waals surface area contributed by atoms with E-state index in [1.165, 1.54) is 32.1 Å². The zero-order valence-corrected chi connectivity index (χ0v) is 17.8. The lowest BCUT2D eigenvalue weighted by Gasteiger charge is -2.37. The SMILES string of the molecule is O=C(c1cnc2c(c1)ncn2C1CCCC1)N1CCCCC1CCN1CCOCC1. The van der Waals surface area contributed by atoms with Gasteiger partial charge in [-0.1, -0.05) is 12.8 Å². The van der Waals surface area contributed by atoms with Crippen LogP contribution in [0.15, 0.2) is 18.6 Å². The van der Waals surface area contributed by atoms with Gasteiger partial charge in [-0.15, -0.1) is 0 Å². The highest BCUT2D eigenvalue weighted by Gasteiger charge is 2.29. The third kappa shape index (κ3) is 4.10. The monoisotopic (exact) mass is 411 g/mol. The highest BCUT2D eigenvalue weighted by molar-refractivity contribution is 5.96. The minimum atomic E-state index is 0.117. The molecule has 30 heavy (non-hydrogen) atoms. The molecule has 0 aromatic carbocycles. The first-order valence-electron chi connectivity index (χ1n) is 11.7. The average molecular weight is 412 g/mol. The number of piperidine rings is 1. The third-order valence-electron chi connectivity index (χ3n) is 7.15. The first-order valence-corrected chi connectivity index (χ1v) is 11.7. The van der Waals surface area contributed by atoms with Crippen LogP contribution in [0.1, 0.15) is 67.8 Å². The summed E-state index contributed by atoms with van der Waals surface area (Å²) in [6.45, 7) is 5.55. The molecular weight excluding hydrogens is 378 g/mol. The Morgan fingerprint density at radius 2 is 1.83 bits per heavy atom. The maximum absolute atomic E-state index is 13.4. The number of amides is 1. The Labute approximate surface area is 178 Å². The van der Waals surface area contributed by atoms with Crippen molar-refractivity contribution in [2.24, 2.45) is 0 Å². The molecular formula is C23H33N5O2. The second-order valence-electron chi connectivity index (χ2n) is 9.05. The number of morpholine rings is 1. The molecule has 7 nitrogen and oxygen atoms in total. The van der Waals surface area contributed by atoms with Gasteiger partial charge in [-0.05, 0) is 44.6 Å². The van der Waals surface area contributed by atoms with Crippen molar-refractivity contribution in [3.63, 3.8) is 0 Å². The Morgan fingerprint density at radius 1 is 1.03 bits per heavy atom. The zero-order chi connectivity index (χ0) is 20.3. The number of nitrogens with zero attached hydrogens (tertiary/aromatic N) is 5. The Balaban J connectivity index is 1.29. The van der Waals surface area contributed by atoms with Crippen molar-refractivity contribution in [1.29, 1.82) is 0 Å². The molecule has 3 aliphatic rings. The van der Waals surface area contributed by atoms with Gasteiger partial charge in [0, 0.05) is 44.5 Å². The highest BCUT2D eigenvalue weighted by Crippen LogP contribution is 2.31. The molecule has 2 aromatic heterocycles. The number of carbonyl (C=O) groups excluding carboxylic acids is 1. The second kappa shape index (κ2) is 9.02. The van der Waals surface area contributed by atoms with E-state index in [1.54, 1.807) is 6.20 Å². The molecule has 1 unspecified atom stereocenters. The van der Waals surface area contributed by atoms with Crippen LogP contribution in [-0.4, -0.2) is 75.7 Å². The van der Waals surface area contributed by atoms with Crippen LogP contribution in [0.5, 0.6) is 0 Å². The number of ether oxygens (including phenoxy) is 1. The molecule has 7 heteroatoms. The molecule has 0 N–H and O–H groups in total. The Kier molecular flexibility index (Phi) is 6.00. The van der Waals surface area contributed by atoms with E-state index in [1.807, 2.05) is 12.4 Å². The second-order valence-corrected chi connectivity index (χ2v) is 9.05. The molecule has 2 saturated heterocycles. The lowest BCUT2D eigenvalue weighted by Crippen LogP contribution is -2.46. The first kappa shape index (κ1) is 19.9. The molecule has 3 fully saturated rings. The van der Waals surface area contributed by atoms with Gasteiger partial charge >= 0.3 is 0 Å². The standard InChI is InChI=1S/C23H33N5O2/c29-23(27-9-4-3-7-20(27)8-10-26-11-13-30-14-12-26)18-15-21-22(24-16-18)28(17-25-21)19-5-1-2-6-19/h15-17,19-20H,1-14H2.